The van der Waals surface area contributed by atoms with E-state index in [1.807, 2.05) is 0 Å². The molecule has 3 heteroatoms. The highest BCUT2D eigenvalue weighted by molar-refractivity contribution is 5.45. The highest BCUT2D eigenvalue weighted by Gasteiger charge is 2.21. The number of hydrogen-bond donors (Lipinski definition) is 1. The monoisotopic (exact) mass is 235 g/mol. The van der Waals surface area contributed by atoms with E-state index in [0.29, 0.717) is 18.6 Å². The lowest BCUT2D eigenvalue weighted by Crippen LogP contribution is -2.26. The van der Waals surface area contributed by atoms with Crippen molar-refractivity contribution in [3.8, 4) is 0 Å². The van der Waals surface area contributed by atoms with E-state index < -0.39 is 0 Å². The van der Waals surface area contributed by atoms with Crippen molar-refractivity contribution in [2.45, 2.75) is 26.0 Å². The zero-order valence-corrected chi connectivity index (χ0v) is 10.6. The summed E-state index contributed by atoms with van der Waals surface area (Å²) >= 11 is 0. The van der Waals surface area contributed by atoms with E-state index in [9.17, 15) is 0 Å². The molecular formula is C14H21NO2. The first kappa shape index (κ1) is 12.4. The van der Waals surface area contributed by atoms with Crippen LogP contribution in [0.1, 0.15) is 18.9 Å². The normalized spacial score (nSPS) is 21.4. The van der Waals surface area contributed by atoms with Gasteiger partial charge in [0.15, 0.2) is 0 Å². The summed E-state index contributed by atoms with van der Waals surface area (Å²) in [6.45, 7) is 4.69. The zero-order valence-electron chi connectivity index (χ0n) is 10.6. The maximum Gasteiger partial charge on any atom is 0.0713 e. The molecule has 1 fully saturated rings. The van der Waals surface area contributed by atoms with Crippen LogP contribution in [0.4, 0.5) is 5.69 Å². The van der Waals surface area contributed by atoms with Crippen LogP contribution in [0.5, 0.6) is 0 Å². The van der Waals surface area contributed by atoms with Crippen molar-refractivity contribution in [2.75, 3.05) is 25.6 Å². The fraction of sp³-hybridized carbons (Fsp3) is 0.571. The Kier molecular flexibility index (Phi) is 4.40. The van der Waals surface area contributed by atoms with Gasteiger partial charge in [-0.15, -0.1) is 0 Å². The quantitative estimate of drug-likeness (QED) is 0.851. The van der Waals surface area contributed by atoms with Gasteiger partial charge >= 0.3 is 0 Å². The van der Waals surface area contributed by atoms with Crippen molar-refractivity contribution in [1.29, 1.82) is 0 Å². The Morgan fingerprint density at radius 1 is 1.41 bits per heavy atom. The Hall–Kier alpha value is -1.06. The fourth-order valence-electron chi connectivity index (χ4n) is 2.19. The van der Waals surface area contributed by atoms with E-state index in [0.717, 1.165) is 19.6 Å². The highest BCUT2D eigenvalue weighted by Crippen LogP contribution is 2.20. The number of hydrogen-bond acceptors (Lipinski definition) is 3. The summed E-state index contributed by atoms with van der Waals surface area (Å²) in [5.74, 6) is 0.633. The van der Waals surface area contributed by atoms with E-state index in [2.05, 4.69) is 36.5 Å². The van der Waals surface area contributed by atoms with Crippen LogP contribution in [0.3, 0.4) is 0 Å². The van der Waals surface area contributed by atoms with E-state index >= 15 is 0 Å². The van der Waals surface area contributed by atoms with Gasteiger partial charge in [0.2, 0.25) is 0 Å². The second-order valence-corrected chi connectivity index (χ2v) is 4.69. The fourth-order valence-corrected chi connectivity index (χ4v) is 2.19. The molecule has 0 radical (unpaired) electrons. The van der Waals surface area contributed by atoms with Gasteiger partial charge in [-0.1, -0.05) is 12.1 Å². The van der Waals surface area contributed by atoms with Crippen LogP contribution in [0.2, 0.25) is 0 Å². The zero-order chi connectivity index (χ0) is 12.1. The molecule has 0 spiro atoms. The Morgan fingerprint density at radius 2 is 2.18 bits per heavy atom. The third kappa shape index (κ3) is 3.45. The van der Waals surface area contributed by atoms with E-state index in [4.69, 9.17) is 9.47 Å². The lowest BCUT2D eigenvalue weighted by molar-refractivity contribution is 0.183. The molecule has 2 rings (SSSR count). The van der Waals surface area contributed by atoms with Crippen LogP contribution >= 0.6 is 0 Å². The Morgan fingerprint density at radius 3 is 2.76 bits per heavy atom. The number of nitrogens with one attached hydrogen (secondary N) is 1. The van der Waals surface area contributed by atoms with Gasteiger partial charge in [-0.2, -0.15) is 0 Å². The summed E-state index contributed by atoms with van der Waals surface area (Å²) in [6.07, 6.45) is 1.16. The molecule has 94 valence electrons. The van der Waals surface area contributed by atoms with Gasteiger partial charge in [0, 0.05) is 31.4 Å². The van der Waals surface area contributed by atoms with Crippen molar-refractivity contribution in [1.82, 2.24) is 0 Å². The van der Waals surface area contributed by atoms with Gasteiger partial charge in [-0.3, -0.25) is 0 Å². The molecule has 1 aromatic carbocycles. The molecular weight excluding hydrogens is 214 g/mol. The average molecular weight is 235 g/mol. The lowest BCUT2D eigenvalue weighted by atomic mass is 10.0. The first-order chi connectivity index (χ1) is 8.29. The predicted molar refractivity (Wildman–Crippen MR) is 69.2 cm³/mol. The third-order valence-corrected chi connectivity index (χ3v) is 3.33. The van der Waals surface area contributed by atoms with Crippen LogP contribution in [0.25, 0.3) is 0 Å². The molecule has 1 heterocycles. The number of rotatable bonds is 5. The van der Waals surface area contributed by atoms with Gasteiger partial charge in [0.1, 0.15) is 0 Å². The third-order valence-electron chi connectivity index (χ3n) is 3.33. The smallest absolute Gasteiger partial charge is 0.0713 e. The van der Waals surface area contributed by atoms with Gasteiger partial charge in [-0.25, -0.2) is 0 Å². The van der Waals surface area contributed by atoms with Crippen molar-refractivity contribution in [2.24, 2.45) is 5.92 Å². The average Bonchev–Trinajstić information content (AvgIpc) is 2.86. The van der Waals surface area contributed by atoms with E-state index in [1.165, 1.54) is 11.3 Å². The summed E-state index contributed by atoms with van der Waals surface area (Å²) in [6, 6.07) is 8.89. The topological polar surface area (TPSA) is 30.5 Å². The minimum absolute atomic E-state index is 0.464. The Balaban J connectivity index is 1.89. The summed E-state index contributed by atoms with van der Waals surface area (Å²) in [4.78, 5) is 0. The molecule has 1 aliphatic rings. The van der Waals surface area contributed by atoms with Gasteiger partial charge < -0.3 is 14.8 Å². The first-order valence-electron chi connectivity index (χ1n) is 6.22. The molecule has 1 saturated heterocycles. The van der Waals surface area contributed by atoms with E-state index in [-0.39, 0.29) is 0 Å². The SMILES string of the molecule is COCc1ccc(NC(C)C2CCOC2)cc1. The molecule has 1 aromatic rings. The number of benzene rings is 1. The molecule has 1 aliphatic heterocycles. The first-order valence-corrected chi connectivity index (χ1v) is 6.22. The molecule has 2 unspecified atom stereocenters. The summed E-state index contributed by atoms with van der Waals surface area (Å²) in [5, 5.41) is 3.53. The molecule has 17 heavy (non-hydrogen) atoms. The molecule has 0 bridgehead atoms. The molecule has 3 nitrogen and oxygen atoms in total. The second kappa shape index (κ2) is 6.03. The summed E-state index contributed by atoms with van der Waals surface area (Å²) in [5.41, 5.74) is 2.37. The molecule has 0 aromatic heterocycles. The molecule has 0 saturated carbocycles. The lowest BCUT2D eigenvalue weighted by Gasteiger charge is -2.20. The standard InChI is InChI=1S/C14H21NO2/c1-11(13-7-8-17-10-13)15-14-5-3-12(4-6-14)9-16-2/h3-6,11,13,15H,7-10H2,1-2H3. The highest BCUT2D eigenvalue weighted by atomic mass is 16.5. The van der Waals surface area contributed by atoms with Gasteiger partial charge in [0.05, 0.1) is 13.2 Å². The van der Waals surface area contributed by atoms with Crippen LogP contribution in [0.15, 0.2) is 24.3 Å². The van der Waals surface area contributed by atoms with Gasteiger partial charge in [0.25, 0.3) is 0 Å². The number of methoxy groups -OCH3 is 1. The second-order valence-electron chi connectivity index (χ2n) is 4.69. The van der Waals surface area contributed by atoms with Crippen molar-refractivity contribution in [3.63, 3.8) is 0 Å². The number of anilines is 1. The largest absolute Gasteiger partial charge is 0.382 e. The van der Waals surface area contributed by atoms with Crippen molar-refractivity contribution in [3.05, 3.63) is 29.8 Å². The minimum Gasteiger partial charge on any atom is -0.382 e. The molecule has 0 amide bonds. The van der Waals surface area contributed by atoms with Crippen molar-refractivity contribution < 1.29 is 9.47 Å². The summed E-state index contributed by atoms with van der Waals surface area (Å²) < 4.78 is 10.5. The summed E-state index contributed by atoms with van der Waals surface area (Å²) in [7, 11) is 1.72. The number of ether oxygens (including phenoxy) is 2. The van der Waals surface area contributed by atoms with Crippen LogP contribution < -0.4 is 5.32 Å². The molecule has 0 aliphatic carbocycles. The molecule has 2 atom stereocenters. The maximum absolute atomic E-state index is 5.41. The van der Waals surface area contributed by atoms with Crippen LogP contribution in [0, 0.1) is 5.92 Å². The maximum atomic E-state index is 5.41. The van der Waals surface area contributed by atoms with Crippen LogP contribution in [-0.2, 0) is 16.1 Å². The van der Waals surface area contributed by atoms with Gasteiger partial charge in [-0.05, 0) is 31.0 Å². The van der Waals surface area contributed by atoms with Crippen LogP contribution in [-0.4, -0.2) is 26.4 Å². The Labute approximate surface area is 103 Å². The van der Waals surface area contributed by atoms with Crippen molar-refractivity contribution >= 4 is 5.69 Å². The predicted octanol–water partition coefficient (Wildman–Crippen LogP) is 2.67. The van der Waals surface area contributed by atoms with E-state index in [1.54, 1.807) is 7.11 Å². The molecule has 1 N–H and O–H groups in total. The minimum atomic E-state index is 0.464. The Bertz CT molecular complexity index is 331.